The number of piperidine rings is 1. The van der Waals surface area contributed by atoms with Crippen molar-refractivity contribution in [2.75, 3.05) is 32.8 Å². The molecule has 0 aliphatic carbocycles. The molecule has 35 heavy (non-hydrogen) atoms. The average molecular weight is 476 g/mol. The van der Waals surface area contributed by atoms with E-state index in [1.165, 1.54) is 11.1 Å². The molecule has 0 unspecified atom stereocenters. The molecule has 2 aliphatic rings. The molecule has 1 atom stereocenters. The van der Waals surface area contributed by atoms with Crippen LogP contribution in [-0.4, -0.2) is 59.2 Å². The minimum atomic E-state index is -0.583. The van der Waals surface area contributed by atoms with Gasteiger partial charge in [-0.15, -0.1) is 10.2 Å². The van der Waals surface area contributed by atoms with Crippen molar-refractivity contribution in [1.29, 1.82) is 0 Å². The summed E-state index contributed by atoms with van der Waals surface area (Å²) in [5.74, 6) is 3.57. The van der Waals surface area contributed by atoms with Crippen LogP contribution in [0.3, 0.4) is 0 Å². The quantitative estimate of drug-likeness (QED) is 0.422. The number of aryl methyl sites for hydroxylation is 1. The second-order valence-corrected chi connectivity index (χ2v) is 9.41. The smallest absolute Gasteiger partial charge is 0.283 e. The third-order valence-electron chi connectivity index (χ3n) is 6.94. The summed E-state index contributed by atoms with van der Waals surface area (Å²) < 4.78 is 23.1. The lowest BCUT2D eigenvalue weighted by Crippen LogP contribution is -2.40. The van der Waals surface area contributed by atoms with Gasteiger partial charge in [-0.05, 0) is 61.2 Å². The number of ether oxygens (including phenoxy) is 2. The summed E-state index contributed by atoms with van der Waals surface area (Å²) >= 11 is 0. The van der Waals surface area contributed by atoms with Crippen LogP contribution in [0.5, 0.6) is 11.5 Å². The fourth-order valence-corrected chi connectivity index (χ4v) is 5.08. The van der Waals surface area contributed by atoms with Crippen molar-refractivity contribution in [3.8, 4) is 23.1 Å². The highest BCUT2D eigenvalue weighted by Crippen LogP contribution is 2.35. The number of hydrogen-bond donors (Lipinski definition) is 1. The van der Waals surface area contributed by atoms with Gasteiger partial charge in [-0.25, -0.2) is 0 Å². The molecule has 6 rings (SSSR count). The molecule has 2 aromatic carbocycles. The van der Waals surface area contributed by atoms with Crippen LogP contribution in [-0.2, 0) is 6.42 Å². The number of aromatic nitrogens is 2. The highest BCUT2D eigenvalue weighted by molar-refractivity contribution is 5.87. The maximum atomic E-state index is 10.7. The Morgan fingerprint density at radius 2 is 2.00 bits per heavy atom. The SMILES string of the molecule is Cc1nnc(-c2cc3c(OC[C@@H](O)CN4CCC(c5ccc6c(c5)OCC6)CC4)cccc3o2)o1. The number of aliphatic hydroxyl groups is 1. The van der Waals surface area contributed by atoms with Gasteiger partial charge in [0.1, 0.15) is 29.8 Å². The van der Waals surface area contributed by atoms with Gasteiger partial charge < -0.3 is 28.3 Å². The van der Waals surface area contributed by atoms with Gasteiger partial charge in [0.15, 0.2) is 5.76 Å². The molecule has 182 valence electrons. The fourth-order valence-electron chi connectivity index (χ4n) is 5.08. The van der Waals surface area contributed by atoms with Crippen molar-refractivity contribution < 1.29 is 23.4 Å². The molecule has 4 heterocycles. The van der Waals surface area contributed by atoms with Gasteiger partial charge in [0.2, 0.25) is 5.89 Å². The Hall–Kier alpha value is -3.36. The fraction of sp³-hybridized carbons (Fsp3) is 0.407. The molecule has 0 radical (unpaired) electrons. The minimum Gasteiger partial charge on any atom is -0.493 e. The van der Waals surface area contributed by atoms with Crippen LogP contribution in [0, 0.1) is 6.92 Å². The number of aliphatic hydroxyl groups excluding tert-OH is 1. The lowest BCUT2D eigenvalue weighted by Gasteiger charge is -2.33. The Kier molecular flexibility index (Phi) is 5.91. The highest BCUT2D eigenvalue weighted by atomic mass is 16.5. The molecular formula is C27H29N3O5. The van der Waals surface area contributed by atoms with Crippen molar-refractivity contribution in [3.05, 3.63) is 59.5 Å². The summed E-state index contributed by atoms with van der Waals surface area (Å²) in [4.78, 5) is 2.32. The number of likely N-dealkylation sites (tertiary alicyclic amines) is 1. The largest absolute Gasteiger partial charge is 0.493 e. The normalized spacial score (nSPS) is 17.4. The molecule has 0 spiro atoms. The first kappa shape index (κ1) is 22.1. The molecule has 0 bridgehead atoms. The van der Waals surface area contributed by atoms with Gasteiger partial charge in [0, 0.05) is 26.0 Å². The van der Waals surface area contributed by atoms with Gasteiger partial charge in [-0.2, -0.15) is 0 Å². The number of nitrogens with zero attached hydrogens (tertiary/aromatic N) is 3. The molecule has 1 fully saturated rings. The molecule has 0 saturated carbocycles. The number of hydrogen-bond acceptors (Lipinski definition) is 8. The third kappa shape index (κ3) is 4.63. The van der Waals surface area contributed by atoms with Crippen LogP contribution in [0.4, 0.5) is 0 Å². The summed E-state index contributed by atoms with van der Waals surface area (Å²) in [6, 6.07) is 14.1. The van der Waals surface area contributed by atoms with E-state index in [1.807, 2.05) is 24.3 Å². The second-order valence-electron chi connectivity index (χ2n) is 9.41. The molecule has 4 aromatic rings. The number of rotatable bonds is 7. The van der Waals surface area contributed by atoms with E-state index >= 15 is 0 Å². The topological polar surface area (TPSA) is 94.0 Å². The van der Waals surface area contributed by atoms with Crippen molar-refractivity contribution in [1.82, 2.24) is 15.1 Å². The lowest BCUT2D eigenvalue weighted by atomic mass is 9.88. The first-order valence-electron chi connectivity index (χ1n) is 12.2. The second kappa shape index (κ2) is 9.36. The molecule has 8 nitrogen and oxygen atoms in total. The van der Waals surface area contributed by atoms with Crippen LogP contribution in [0.15, 0.2) is 51.3 Å². The Labute approximate surface area is 203 Å². The zero-order chi connectivity index (χ0) is 23.8. The van der Waals surface area contributed by atoms with E-state index < -0.39 is 6.10 Å². The molecule has 8 heteroatoms. The zero-order valence-electron chi connectivity index (χ0n) is 19.8. The van der Waals surface area contributed by atoms with E-state index in [4.69, 9.17) is 18.3 Å². The predicted molar refractivity (Wildman–Crippen MR) is 130 cm³/mol. The summed E-state index contributed by atoms with van der Waals surface area (Å²) in [5, 5.41) is 19.4. The van der Waals surface area contributed by atoms with E-state index in [2.05, 4.69) is 33.3 Å². The van der Waals surface area contributed by atoms with E-state index in [0.29, 0.717) is 41.3 Å². The summed E-state index contributed by atoms with van der Waals surface area (Å²) in [6.07, 6.45) is 2.60. The summed E-state index contributed by atoms with van der Waals surface area (Å²) in [7, 11) is 0. The Bertz CT molecular complexity index is 1320. The van der Waals surface area contributed by atoms with Crippen LogP contribution in [0.1, 0.15) is 35.8 Å². The lowest BCUT2D eigenvalue weighted by molar-refractivity contribution is 0.0599. The molecule has 2 aliphatic heterocycles. The molecule has 0 amide bonds. The summed E-state index contributed by atoms with van der Waals surface area (Å²) in [5.41, 5.74) is 3.36. The van der Waals surface area contributed by atoms with Crippen LogP contribution in [0.2, 0.25) is 0 Å². The number of β-amino-alcohol motifs (C(OH)–C–C–N with tert-alkyl or cyclic N) is 1. The highest BCUT2D eigenvalue weighted by Gasteiger charge is 2.24. The van der Waals surface area contributed by atoms with Crippen molar-refractivity contribution >= 4 is 11.0 Å². The van der Waals surface area contributed by atoms with Gasteiger partial charge in [-0.1, -0.05) is 18.2 Å². The molecular weight excluding hydrogens is 446 g/mol. The number of benzene rings is 2. The van der Waals surface area contributed by atoms with Gasteiger partial charge in [0.05, 0.1) is 12.0 Å². The molecule has 1 saturated heterocycles. The van der Waals surface area contributed by atoms with Gasteiger partial charge in [-0.3, -0.25) is 0 Å². The van der Waals surface area contributed by atoms with Crippen LogP contribution >= 0.6 is 0 Å². The number of furan rings is 1. The van der Waals surface area contributed by atoms with E-state index in [-0.39, 0.29) is 6.61 Å². The molecule has 1 N–H and O–H groups in total. The number of fused-ring (bicyclic) bond motifs is 2. The Morgan fingerprint density at radius 3 is 2.83 bits per heavy atom. The third-order valence-corrected chi connectivity index (χ3v) is 6.94. The van der Waals surface area contributed by atoms with E-state index in [0.717, 1.165) is 50.1 Å². The van der Waals surface area contributed by atoms with Gasteiger partial charge >= 0.3 is 0 Å². The van der Waals surface area contributed by atoms with Crippen molar-refractivity contribution in [2.24, 2.45) is 0 Å². The van der Waals surface area contributed by atoms with Crippen LogP contribution < -0.4 is 9.47 Å². The zero-order valence-corrected chi connectivity index (χ0v) is 19.8. The maximum absolute atomic E-state index is 10.7. The van der Waals surface area contributed by atoms with Gasteiger partial charge in [0.25, 0.3) is 5.89 Å². The average Bonchev–Trinajstić information content (AvgIpc) is 3.62. The van der Waals surface area contributed by atoms with Crippen LogP contribution in [0.25, 0.3) is 22.6 Å². The maximum Gasteiger partial charge on any atom is 0.283 e. The Balaban J connectivity index is 1.03. The van der Waals surface area contributed by atoms with Crippen molar-refractivity contribution in [3.63, 3.8) is 0 Å². The standard InChI is InChI=1S/C27H29N3O5/c1-17-28-29-27(34-17)26-14-22-23(3-2-4-24(22)35-26)33-16-21(31)15-30-10-7-18(8-11-30)20-6-5-19-9-12-32-25(19)13-20/h2-6,13-14,18,21,31H,7-12,15-16H2,1H3/t21-/m0/s1. The Morgan fingerprint density at radius 1 is 1.11 bits per heavy atom. The summed E-state index contributed by atoms with van der Waals surface area (Å²) in [6.45, 7) is 5.26. The van der Waals surface area contributed by atoms with E-state index in [1.54, 1.807) is 6.92 Å². The minimum absolute atomic E-state index is 0.210. The first-order valence-corrected chi connectivity index (χ1v) is 12.2. The van der Waals surface area contributed by atoms with E-state index in [9.17, 15) is 5.11 Å². The predicted octanol–water partition coefficient (Wildman–Crippen LogP) is 4.35. The monoisotopic (exact) mass is 475 g/mol. The first-order chi connectivity index (χ1) is 17.1. The van der Waals surface area contributed by atoms with Crippen molar-refractivity contribution in [2.45, 2.75) is 38.2 Å². The molecule has 2 aromatic heterocycles.